The first-order valence-corrected chi connectivity index (χ1v) is 4.41. The number of aromatic nitrogens is 1. The highest BCUT2D eigenvalue weighted by Crippen LogP contribution is 1.93. The zero-order chi connectivity index (χ0) is 8.65. The molecule has 0 atom stereocenters. The summed E-state index contributed by atoms with van der Waals surface area (Å²) in [6.45, 7) is 3.12. The summed E-state index contributed by atoms with van der Waals surface area (Å²) in [4.78, 5) is 3.17. The maximum Gasteiger partial charge on any atom is 0.0159 e. The molecule has 0 aliphatic carbocycles. The summed E-state index contributed by atoms with van der Waals surface area (Å²) >= 11 is 0. The second-order valence-electron chi connectivity index (χ2n) is 2.80. The monoisotopic (exact) mass is 167 g/mol. The van der Waals surface area contributed by atoms with Gasteiger partial charge in [0.25, 0.3) is 0 Å². The van der Waals surface area contributed by atoms with E-state index in [0.717, 1.165) is 26.1 Å². The molecule has 3 nitrogen and oxygen atoms in total. The molecule has 0 aliphatic heterocycles. The maximum atomic E-state index is 3.34. The van der Waals surface area contributed by atoms with Crippen molar-refractivity contribution in [2.45, 2.75) is 6.42 Å². The van der Waals surface area contributed by atoms with Crippen LogP contribution in [0.2, 0.25) is 0 Å². The minimum Gasteiger partial charge on any atom is -0.365 e. The van der Waals surface area contributed by atoms with Crippen LogP contribution in [-0.2, 0) is 6.42 Å². The van der Waals surface area contributed by atoms with E-state index in [2.05, 4.69) is 21.7 Å². The summed E-state index contributed by atoms with van der Waals surface area (Å²) in [6.07, 6.45) is 3.04. The van der Waals surface area contributed by atoms with E-state index < -0.39 is 0 Å². The van der Waals surface area contributed by atoms with Crippen molar-refractivity contribution >= 4 is 0 Å². The lowest BCUT2D eigenvalue weighted by molar-refractivity contribution is 0.646. The molecule has 68 valence electrons. The zero-order valence-corrected chi connectivity index (χ0v) is 7.56. The van der Waals surface area contributed by atoms with E-state index in [4.69, 9.17) is 0 Å². The third kappa shape index (κ3) is 3.55. The average molecular weight is 167 g/mol. The lowest BCUT2D eigenvalue weighted by Gasteiger charge is -2.02. The number of aromatic amines is 1. The predicted molar refractivity (Wildman–Crippen MR) is 51.3 cm³/mol. The molecule has 12 heavy (non-hydrogen) atoms. The Morgan fingerprint density at radius 3 is 2.92 bits per heavy atom. The molecule has 0 saturated carbocycles. The third-order valence-electron chi connectivity index (χ3n) is 1.79. The van der Waals surface area contributed by atoms with Gasteiger partial charge in [0.1, 0.15) is 0 Å². The van der Waals surface area contributed by atoms with Crippen molar-refractivity contribution in [2.75, 3.05) is 26.7 Å². The van der Waals surface area contributed by atoms with Crippen LogP contribution in [0.1, 0.15) is 5.69 Å². The number of rotatable bonds is 6. The fourth-order valence-electron chi connectivity index (χ4n) is 1.08. The molecule has 0 aliphatic rings. The van der Waals surface area contributed by atoms with Gasteiger partial charge >= 0.3 is 0 Å². The Morgan fingerprint density at radius 1 is 1.33 bits per heavy atom. The largest absolute Gasteiger partial charge is 0.365 e. The van der Waals surface area contributed by atoms with Crippen molar-refractivity contribution in [3.05, 3.63) is 24.0 Å². The van der Waals surface area contributed by atoms with Crippen LogP contribution in [-0.4, -0.2) is 31.7 Å². The highest BCUT2D eigenvalue weighted by atomic mass is 14.9. The van der Waals surface area contributed by atoms with Crippen molar-refractivity contribution in [1.29, 1.82) is 0 Å². The first-order chi connectivity index (χ1) is 5.93. The highest BCUT2D eigenvalue weighted by molar-refractivity contribution is 5.03. The van der Waals surface area contributed by atoms with Crippen molar-refractivity contribution in [3.8, 4) is 0 Å². The number of hydrogen-bond acceptors (Lipinski definition) is 2. The summed E-state index contributed by atoms with van der Waals surface area (Å²) in [5.41, 5.74) is 1.30. The Bertz CT molecular complexity index is 182. The molecule has 3 N–H and O–H groups in total. The molecule has 0 fully saturated rings. The quantitative estimate of drug-likeness (QED) is 0.536. The lowest BCUT2D eigenvalue weighted by atomic mass is 10.3. The number of hydrogen-bond donors (Lipinski definition) is 3. The van der Waals surface area contributed by atoms with Gasteiger partial charge < -0.3 is 15.6 Å². The second-order valence-corrected chi connectivity index (χ2v) is 2.80. The molecule has 0 saturated heterocycles. The average Bonchev–Trinajstić information content (AvgIpc) is 2.57. The first kappa shape index (κ1) is 9.29. The SMILES string of the molecule is CNCCNCCc1ccc[nH]1. The van der Waals surface area contributed by atoms with Crippen LogP contribution in [0.15, 0.2) is 18.3 Å². The van der Waals surface area contributed by atoms with Gasteiger partial charge in [-0.25, -0.2) is 0 Å². The molecule has 1 heterocycles. The molecule has 1 rings (SSSR count). The minimum absolute atomic E-state index is 1.03. The van der Waals surface area contributed by atoms with E-state index in [-0.39, 0.29) is 0 Å². The van der Waals surface area contributed by atoms with Gasteiger partial charge in [-0.1, -0.05) is 0 Å². The van der Waals surface area contributed by atoms with Gasteiger partial charge in [0.2, 0.25) is 0 Å². The number of nitrogens with one attached hydrogen (secondary N) is 3. The normalized spacial score (nSPS) is 10.4. The summed E-state index contributed by atoms with van der Waals surface area (Å²) in [5.74, 6) is 0. The fourth-order valence-corrected chi connectivity index (χ4v) is 1.08. The number of H-pyrrole nitrogens is 1. The summed E-state index contributed by atoms with van der Waals surface area (Å²) in [7, 11) is 1.96. The molecule has 1 aromatic heterocycles. The van der Waals surface area contributed by atoms with Crippen LogP contribution in [0.4, 0.5) is 0 Å². The van der Waals surface area contributed by atoms with Gasteiger partial charge in [-0.3, -0.25) is 0 Å². The topological polar surface area (TPSA) is 39.8 Å². The molecule has 0 radical (unpaired) electrons. The van der Waals surface area contributed by atoms with Gasteiger partial charge in [0, 0.05) is 31.5 Å². The van der Waals surface area contributed by atoms with E-state index >= 15 is 0 Å². The van der Waals surface area contributed by atoms with E-state index in [0.29, 0.717) is 0 Å². The van der Waals surface area contributed by atoms with Gasteiger partial charge in [0.15, 0.2) is 0 Å². The van der Waals surface area contributed by atoms with Crippen molar-refractivity contribution in [1.82, 2.24) is 15.6 Å². The Labute approximate surface area is 73.6 Å². The summed E-state index contributed by atoms with van der Waals surface area (Å²) in [6, 6.07) is 4.14. The predicted octanol–water partition coefficient (Wildman–Crippen LogP) is 0.366. The molecule has 3 heteroatoms. The van der Waals surface area contributed by atoms with Crippen LogP contribution in [0.5, 0.6) is 0 Å². The van der Waals surface area contributed by atoms with Crippen LogP contribution >= 0.6 is 0 Å². The molecule has 0 unspecified atom stereocenters. The highest BCUT2D eigenvalue weighted by Gasteiger charge is 1.90. The molecule has 0 aromatic carbocycles. The standard InChI is InChI=1S/C9H17N3/c1-10-7-8-11-6-4-9-3-2-5-12-9/h2-3,5,10-12H,4,6-8H2,1H3. The molecule has 0 spiro atoms. The van der Waals surface area contributed by atoms with Gasteiger partial charge in [0.05, 0.1) is 0 Å². The minimum atomic E-state index is 1.03. The summed E-state index contributed by atoms with van der Waals surface area (Å²) < 4.78 is 0. The van der Waals surface area contributed by atoms with E-state index in [1.54, 1.807) is 0 Å². The Balaban J connectivity index is 1.96. The molecule has 0 bridgehead atoms. The molecular formula is C9H17N3. The van der Waals surface area contributed by atoms with Crippen LogP contribution < -0.4 is 10.6 Å². The van der Waals surface area contributed by atoms with Gasteiger partial charge in [-0.15, -0.1) is 0 Å². The Hall–Kier alpha value is -0.800. The van der Waals surface area contributed by atoms with Crippen molar-refractivity contribution < 1.29 is 0 Å². The van der Waals surface area contributed by atoms with E-state index in [1.807, 2.05) is 19.3 Å². The lowest BCUT2D eigenvalue weighted by Crippen LogP contribution is -2.26. The van der Waals surface area contributed by atoms with Crippen LogP contribution in [0.25, 0.3) is 0 Å². The van der Waals surface area contributed by atoms with Crippen LogP contribution in [0, 0.1) is 0 Å². The smallest absolute Gasteiger partial charge is 0.0159 e. The Kier molecular flexibility index (Phi) is 4.49. The van der Waals surface area contributed by atoms with Gasteiger partial charge in [-0.2, -0.15) is 0 Å². The molecular weight excluding hydrogens is 150 g/mol. The van der Waals surface area contributed by atoms with Crippen LogP contribution in [0.3, 0.4) is 0 Å². The molecule has 1 aromatic rings. The Morgan fingerprint density at radius 2 is 2.25 bits per heavy atom. The van der Waals surface area contributed by atoms with E-state index in [1.165, 1.54) is 5.69 Å². The summed E-state index contributed by atoms with van der Waals surface area (Å²) in [5, 5.41) is 6.43. The zero-order valence-electron chi connectivity index (χ0n) is 7.56. The van der Waals surface area contributed by atoms with Crippen molar-refractivity contribution in [2.24, 2.45) is 0 Å². The first-order valence-electron chi connectivity index (χ1n) is 4.41. The van der Waals surface area contributed by atoms with E-state index in [9.17, 15) is 0 Å². The third-order valence-corrected chi connectivity index (χ3v) is 1.79. The molecule has 0 amide bonds. The number of likely N-dealkylation sites (N-methyl/N-ethyl adjacent to an activating group) is 1. The fraction of sp³-hybridized carbons (Fsp3) is 0.556. The maximum absolute atomic E-state index is 3.34. The van der Waals surface area contributed by atoms with Crippen molar-refractivity contribution in [3.63, 3.8) is 0 Å². The van der Waals surface area contributed by atoms with Gasteiger partial charge in [-0.05, 0) is 25.6 Å². The second kappa shape index (κ2) is 5.80.